The Morgan fingerprint density at radius 3 is 2.42 bits per heavy atom. The van der Waals surface area contributed by atoms with Gasteiger partial charge in [0, 0.05) is 11.6 Å². The molecule has 26 heavy (non-hydrogen) atoms. The monoisotopic (exact) mass is 345 g/mol. The van der Waals surface area contributed by atoms with E-state index >= 15 is 0 Å². The van der Waals surface area contributed by atoms with E-state index in [1.54, 1.807) is 11.6 Å². The lowest BCUT2D eigenvalue weighted by Gasteiger charge is -2.06. The Kier molecular flexibility index (Phi) is 4.27. The SMILES string of the molecule is COc1c(-c2ccc(C)cc2)nc2ccc(OCc3ccccc3)nn12. The van der Waals surface area contributed by atoms with Gasteiger partial charge in [0.15, 0.2) is 5.65 Å². The molecular formula is C21H19N3O2. The predicted molar refractivity (Wildman–Crippen MR) is 100 cm³/mol. The minimum atomic E-state index is 0.460. The molecule has 4 aromatic rings. The molecule has 5 heteroatoms. The molecule has 130 valence electrons. The summed E-state index contributed by atoms with van der Waals surface area (Å²) in [5.74, 6) is 1.11. The molecule has 0 atom stereocenters. The fraction of sp³-hybridized carbons (Fsp3) is 0.143. The number of hydrogen-bond donors (Lipinski definition) is 0. The van der Waals surface area contributed by atoms with Crippen LogP contribution in [0.4, 0.5) is 0 Å². The van der Waals surface area contributed by atoms with Gasteiger partial charge in [-0.25, -0.2) is 4.98 Å². The highest BCUT2D eigenvalue weighted by Gasteiger charge is 2.16. The Balaban J connectivity index is 1.68. The third-order valence-corrected chi connectivity index (χ3v) is 4.16. The number of hydrogen-bond acceptors (Lipinski definition) is 4. The van der Waals surface area contributed by atoms with Crippen molar-refractivity contribution in [2.24, 2.45) is 0 Å². The first-order chi connectivity index (χ1) is 12.7. The average molecular weight is 345 g/mol. The van der Waals surface area contributed by atoms with Crippen LogP contribution in [0.25, 0.3) is 16.9 Å². The van der Waals surface area contributed by atoms with Gasteiger partial charge in [0.25, 0.3) is 0 Å². The summed E-state index contributed by atoms with van der Waals surface area (Å²) in [6.07, 6.45) is 0. The summed E-state index contributed by atoms with van der Waals surface area (Å²) < 4.78 is 13.1. The van der Waals surface area contributed by atoms with Crippen LogP contribution in [-0.4, -0.2) is 21.7 Å². The number of methoxy groups -OCH3 is 1. The van der Waals surface area contributed by atoms with E-state index in [4.69, 9.17) is 9.47 Å². The molecule has 0 aliphatic rings. The molecule has 0 fully saturated rings. The molecule has 0 bridgehead atoms. The Labute approximate surface area is 151 Å². The lowest BCUT2D eigenvalue weighted by Crippen LogP contribution is -2.01. The van der Waals surface area contributed by atoms with Crippen LogP contribution in [0.1, 0.15) is 11.1 Å². The van der Waals surface area contributed by atoms with E-state index < -0.39 is 0 Å². The zero-order valence-electron chi connectivity index (χ0n) is 14.7. The quantitative estimate of drug-likeness (QED) is 0.541. The molecule has 2 aromatic heterocycles. The van der Waals surface area contributed by atoms with E-state index in [0.29, 0.717) is 24.0 Å². The summed E-state index contributed by atoms with van der Waals surface area (Å²) >= 11 is 0. The van der Waals surface area contributed by atoms with E-state index in [2.05, 4.69) is 29.1 Å². The largest absolute Gasteiger partial charge is 0.479 e. The Hall–Kier alpha value is -3.34. The van der Waals surface area contributed by atoms with Crippen molar-refractivity contribution in [3.63, 3.8) is 0 Å². The molecule has 0 unspecified atom stereocenters. The predicted octanol–water partition coefficient (Wildman–Crippen LogP) is 4.29. The summed E-state index contributed by atoms with van der Waals surface area (Å²) in [5.41, 5.74) is 4.76. The molecule has 0 aliphatic carbocycles. The fourth-order valence-corrected chi connectivity index (χ4v) is 2.79. The van der Waals surface area contributed by atoms with E-state index in [-0.39, 0.29) is 0 Å². The fourth-order valence-electron chi connectivity index (χ4n) is 2.79. The summed E-state index contributed by atoms with van der Waals surface area (Å²) in [4.78, 5) is 4.66. The summed E-state index contributed by atoms with van der Waals surface area (Å²) in [7, 11) is 1.63. The lowest BCUT2D eigenvalue weighted by molar-refractivity contribution is 0.286. The molecular weight excluding hydrogens is 326 g/mol. The van der Waals surface area contributed by atoms with Gasteiger partial charge in [-0.15, -0.1) is 5.10 Å². The number of rotatable bonds is 5. The minimum absolute atomic E-state index is 0.460. The van der Waals surface area contributed by atoms with Crippen LogP contribution in [0.15, 0.2) is 66.7 Å². The van der Waals surface area contributed by atoms with Gasteiger partial charge in [-0.1, -0.05) is 60.2 Å². The number of aromatic nitrogens is 3. The van der Waals surface area contributed by atoms with Crippen LogP contribution in [0.5, 0.6) is 11.8 Å². The van der Waals surface area contributed by atoms with Gasteiger partial charge >= 0.3 is 0 Å². The minimum Gasteiger partial charge on any atom is -0.479 e. The zero-order chi connectivity index (χ0) is 17.9. The maximum Gasteiger partial charge on any atom is 0.243 e. The maximum atomic E-state index is 5.82. The third-order valence-electron chi connectivity index (χ3n) is 4.16. The Morgan fingerprint density at radius 1 is 0.923 bits per heavy atom. The van der Waals surface area contributed by atoms with Gasteiger partial charge < -0.3 is 9.47 Å². The second kappa shape index (κ2) is 6.88. The first kappa shape index (κ1) is 16.1. The van der Waals surface area contributed by atoms with E-state index in [1.165, 1.54) is 5.56 Å². The highest BCUT2D eigenvalue weighted by Crippen LogP contribution is 2.30. The standard InChI is InChI=1S/C21H19N3O2/c1-15-8-10-17(11-9-15)20-21(25-2)24-18(22-20)12-13-19(23-24)26-14-16-6-4-3-5-7-16/h3-13H,14H2,1-2H3. The number of fused-ring (bicyclic) bond motifs is 1. The molecule has 5 nitrogen and oxygen atoms in total. The molecule has 0 amide bonds. The molecule has 0 spiro atoms. The zero-order valence-corrected chi connectivity index (χ0v) is 14.7. The first-order valence-corrected chi connectivity index (χ1v) is 8.42. The van der Waals surface area contributed by atoms with Gasteiger partial charge in [-0.05, 0) is 18.6 Å². The van der Waals surface area contributed by atoms with Crippen LogP contribution < -0.4 is 9.47 Å². The molecule has 0 saturated heterocycles. The summed E-state index contributed by atoms with van der Waals surface area (Å²) in [6.45, 7) is 2.52. The van der Waals surface area contributed by atoms with Gasteiger partial charge in [-0.3, -0.25) is 0 Å². The molecule has 0 N–H and O–H groups in total. The average Bonchev–Trinajstić information content (AvgIpc) is 3.05. The van der Waals surface area contributed by atoms with Crippen molar-refractivity contribution < 1.29 is 9.47 Å². The van der Waals surface area contributed by atoms with Crippen molar-refractivity contribution in [3.8, 4) is 23.0 Å². The highest BCUT2D eigenvalue weighted by atomic mass is 16.5. The van der Waals surface area contributed by atoms with Gasteiger partial charge in [-0.2, -0.15) is 4.52 Å². The lowest BCUT2D eigenvalue weighted by atomic mass is 10.1. The first-order valence-electron chi connectivity index (χ1n) is 8.42. The maximum absolute atomic E-state index is 5.82. The molecule has 0 saturated carbocycles. The van der Waals surface area contributed by atoms with Crippen LogP contribution >= 0.6 is 0 Å². The number of ether oxygens (including phenoxy) is 2. The Bertz CT molecular complexity index is 1020. The normalized spacial score (nSPS) is 10.8. The van der Waals surface area contributed by atoms with E-state index in [9.17, 15) is 0 Å². The number of benzene rings is 2. The van der Waals surface area contributed by atoms with Gasteiger partial charge in [0.05, 0.1) is 7.11 Å². The molecule has 0 radical (unpaired) electrons. The van der Waals surface area contributed by atoms with Crippen LogP contribution in [0.2, 0.25) is 0 Å². The van der Waals surface area contributed by atoms with E-state index in [1.807, 2.05) is 54.6 Å². The van der Waals surface area contributed by atoms with Gasteiger partial charge in [0.1, 0.15) is 12.3 Å². The van der Waals surface area contributed by atoms with E-state index in [0.717, 1.165) is 16.8 Å². The van der Waals surface area contributed by atoms with Crippen molar-refractivity contribution in [3.05, 3.63) is 77.9 Å². The summed E-state index contributed by atoms with van der Waals surface area (Å²) in [6, 6.07) is 21.9. The van der Waals surface area contributed by atoms with Crippen molar-refractivity contribution in [2.75, 3.05) is 7.11 Å². The molecule has 0 aliphatic heterocycles. The van der Waals surface area contributed by atoms with Crippen LogP contribution in [0, 0.1) is 6.92 Å². The topological polar surface area (TPSA) is 48.7 Å². The third kappa shape index (κ3) is 3.11. The molecule has 2 heterocycles. The number of imidazole rings is 1. The second-order valence-corrected chi connectivity index (χ2v) is 6.05. The van der Waals surface area contributed by atoms with Crippen LogP contribution in [-0.2, 0) is 6.61 Å². The van der Waals surface area contributed by atoms with Crippen molar-refractivity contribution >= 4 is 5.65 Å². The number of nitrogens with zero attached hydrogens (tertiary/aromatic N) is 3. The molecule has 4 rings (SSSR count). The highest BCUT2D eigenvalue weighted by molar-refractivity contribution is 5.69. The summed E-state index contributed by atoms with van der Waals surface area (Å²) in [5, 5.41) is 4.53. The van der Waals surface area contributed by atoms with Crippen LogP contribution in [0.3, 0.4) is 0 Å². The van der Waals surface area contributed by atoms with Gasteiger partial charge in [0.2, 0.25) is 11.8 Å². The smallest absolute Gasteiger partial charge is 0.243 e. The van der Waals surface area contributed by atoms with Crippen molar-refractivity contribution in [2.45, 2.75) is 13.5 Å². The number of aryl methyl sites for hydroxylation is 1. The van der Waals surface area contributed by atoms with Crippen molar-refractivity contribution in [1.29, 1.82) is 0 Å². The van der Waals surface area contributed by atoms with Crippen molar-refractivity contribution in [1.82, 2.24) is 14.6 Å². The second-order valence-electron chi connectivity index (χ2n) is 6.05. The Morgan fingerprint density at radius 2 is 1.69 bits per heavy atom. The molecule has 2 aromatic carbocycles.